The van der Waals surface area contributed by atoms with Crippen LogP contribution in [0.2, 0.25) is 0 Å². The molecule has 2 unspecified atom stereocenters. The van der Waals surface area contributed by atoms with Gasteiger partial charge in [0.15, 0.2) is 0 Å². The zero-order valence-electron chi connectivity index (χ0n) is 23.5. The fourth-order valence-corrected chi connectivity index (χ4v) is 4.91. The minimum absolute atomic E-state index is 0.123. The first-order chi connectivity index (χ1) is 17.1. The van der Waals surface area contributed by atoms with Crippen molar-refractivity contribution in [2.45, 2.75) is 143 Å². The number of esters is 1. The maximum absolute atomic E-state index is 12.4. The molecule has 1 saturated heterocycles. The predicted molar refractivity (Wildman–Crippen MR) is 148 cm³/mol. The van der Waals surface area contributed by atoms with Crippen LogP contribution in [0.1, 0.15) is 143 Å². The van der Waals surface area contributed by atoms with Crippen LogP contribution in [0.25, 0.3) is 0 Å². The number of amides is 1. The molecule has 0 N–H and O–H groups in total. The lowest BCUT2D eigenvalue weighted by molar-refractivity contribution is -0.149. The molecule has 0 spiro atoms. The van der Waals surface area contributed by atoms with Gasteiger partial charge in [-0.25, -0.2) is 0 Å². The normalized spacial score (nSPS) is 16.9. The van der Waals surface area contributed by atoms with Crippen LogP contribution in [0, 0.1) is 11.8 Å². The molecule has 0 bridgehead atoms. The van der Waals surface area contributed by atoms with Crippen molar-refractivity contribution in [2.24, 2.45) is 11.8 Å². The van der Waals surface area contributed by atoms with Crippen molar-refractivity contribution in [3.8, 4) is 0 Å². The third-order valence-corrected chi connectivity index (χ3v) is 7.49. The smallest absolute Gasteiger partial charge is 0.311 e. The second-order valence-electron chi connectivity index (χ2n) is 10.7. The summed E-state index contributed by atoms with van der Waals surface area (Å²) in [7, 11) is 0. The fourth-order valence-electron chi connectivity index (χ4n) is 4.91. The number of nitrogens with zero attached hydrogens (tertiary/aromatic N) is 1. The van der Waals surface area contributed by atoms with Gasteiger partial charge in [0.25, 0.3) is 0 Å². The Morgan fingerprint density at radius 3 is 2.03 bits per heavy atom. The van der Waals surface area contributed by atoms with Gasteiger partial charge in [-0.3, -0.25) is 9.59 Å². The lowest BCUT2D eigenvalue weighted by Crippen LogP contribution is -2.28. The van der Waals surface area contributed by atoms with Gasteiger partial charge in [0, 0.05) is 19.5 Å². The average molecular weight is 492 g/mol. The summed E-state index contributed by atoms with van der Waals surface area (Å²) in [5, 5.41) is 0. The van der Waals surface area contributed by atoms with E-state index in [2.05, 4.69) is 32.9 Å². The average Bonchev–Trinajstić information content (AvgIpc) is 3.24. The van der Waals surface area contributed by atoms with Crippen molar-refractivity contribution in [3.05, 3.63) is 12.2 Å². The summed E-state index contributed by atoms with van der Waals surface area (Å²) in [5.41, 5.74) is 0. The molecule has 0 aliphatic carbocycles. The number of hydrogen-bond donors (Lipinski definition) is 0. The molecule has 35 heavy (non-hydrogen) atoms. The molecule has 1 aliphatic rings. The molecule has 2 atom stereocenters. The van der Waals surface area contributed by atoms with E-state index in [4.69, 9.17) is 4.74 Å². The molecule has 0 aromatic heterocycles. The third kappa shape index (κ3) is 16.1. The Bertz CT molecular complexity index is 559. The van der Waals surface area contributed by atoms with Gasteiger partial charge < -0.3 is 9.64 Å². The molecule has 1 fully saturated rings. The van der Waals surface area contributed by atoms with Crippen LogP contribution in [0.4, 0.5) is 0 Å². The van der Waals surface area contributed by atoms with E-state index in [0.717, 1.165) is 25.8 Å². The lowest BCUT2D eigenvalue weighted by atomic mass is 10.0. The Balaban J connectivity index is 2.00. The highest BCUT2D eigenvalue weighted by atomic mass is 16.5. The van der Waals surface area contributed by atoms with E-state index in [-0.39, 0.29) is 17.8 Å². The summed E-state index contributed by atoms with van der Waals surface area (Å²) in [6, 6.07) is 0. The summed E-state index contributed by atoms with van der Waals surface area (Å²) in [6.07, 6.45) is 27.6. The topological polar surface area (TPSA) is 46.6 Å². The standard InChI is InChI=1S/C31H57NO3/c1-4-7-9-10-11-12-13-14-15-16-17-18-19-20-21-22-24-32-26-29(25-30(32)33)31(34)35-27-28(6-3)23-8-5-2/h14-15,28-29H,4-13,16-27H2,1-3H3. The highest BCUT2D eigenvalue weighted by molar-refractivity contribution is 5.86. The van der Waals surface area contributed by atoms with Crippen molar-refractivity contribution in [1.29, 1.82) is 0 Å². The largest absolute Gasteiger partial charge is 0.465 e. The summed E-state index contributed by atoms with van der Waals surface area (Å²) >= 11 is 0. The van der Waals surface area contributed by atoms with Crippen LogP contribution < -0.4 is 0 Å². The number of hydrogen-bond acceptors (Lipinski definition) is 3. The van der Waals surface area contributed by atoms with Crippen LogP contribution >= 0.6 is 0 Å². The van der Waals surface area contributed by atoms with Crippen LogP contribution in [0.15, 0.2) is 12.2 Å². The summed E-state index contributed by atoms with van der Waals surface area (Å²) in [4.78, 5) is 26.7. The van der Waals surface area contributed by atoms with Gasteiger partial charge in [-0.1, -0.05) is 110 Å². The monoisotopic (exact) mass is 491 g/mol. The molecular formula is C31H57NO3. The van der Waals surface area contributed by atoms with Crippen molar-refractivity contribution < 1.29 is 14.3 Å². The van der Waals surface area contributed by atoms with Crippen molar-refractivity contribution in [1.82, 2.24) is 4.90 Å². The number of rotatable bonds is 23. The molecule has 1 amide bonds. The molecular weight excluding hydrogens is 434 g/mol. The van der Waals surface area contributed by atoms with Crippen LogP contribution in [-0.4, -0.2) is 36.5 Å². The zero-order chi connectivity index (χ0) is 25.6. The number of likely N-dealkylation sites (tertiary alicyclic amines) is 1. The highest BCUT2D eigenvalue weighted by Gasteiger charge is 2.35. The summed E-state index contributed by atoms with van der Waals surface area (Å²) in [5.74, 6) is 0.142. The third-order valence-electron chi connectivity index (χ3n) is 7.49. The van der Waals surface area contributed by atoms with E-state index in [1.165, 1.54) is 96.3 Å². The SMILES string of the molecule is CCCCCCCCC=CCCCCCCCCN1CC(C(=O)OCC(CC)CCCC)CC1=O. The van der Waals surface area contributed by atoms with E-state index in [1.807, 2.05) is 4.90 Å². The maximum atomic E-state index is 12.4. The Kier molecular flexibility index (Phi) is 19.9. The molecule has 0 saturated carbocycles. The molecule has 1 heterocycles. The molecule has 4 heteroatoms. The number of carbonyl (C=O) groups excluding carboxylic acids is 2. The molecule has 4 nitrogen and oxygen atoms in total. The molecule has 0 aromatic carbocycles. The van der Waals surface area contributed by atoms with E-state index >= 15 is 0 Å². The Morgan fingerprint density at radius 1 is 0.857 bits per heavy atom. The Morgan fingerprint density at radius 2 is 1.43 bits per heavy atom. The van der Waals surface area contributed by atoms with Gasteiger partial charge in [-0.15, -0.1) is 0 Å². The predicted octanol–water partition coefficient (Wildman–Crippen LogP) is 8.63. The number of ether oxygens (including phenoxy) is 1. The summed E-state index contributed by atoms with van der Waals surface area (Å²) < 4.78 is 5.59. The van der Waals surface area contributed by atoms with Gasteiger partial charge in [-0.2, -0.15) is 0 Å². The fraction of sp³-hybridized carbons (Fsp3) is 0.871. The summed E-state index contributed by atoms with van der Waals surface area (Å²) in [6.45, 7) is 8.47. The van der Waals surface area contributed by atoms with Gasteiger partial charge in [0.1, 0.15) is 0 Å². The molecule has 1 aliphatic heterocycles. The second-order valence-corrected chi connectivity index (χ2v) is 10.7. The molecule has 1 rings (SSSR count). The first-order valence-corrected chi connectivity index (χ1v) is 15.2. The van der Waals surface area contributed by atoms with Crippen molar-refractivity contribution in [3.63, 3.8) is 0 Å². The number of allylic oxidation sites excluding steroid dienone is 2. The maximum Gasteiger partial charge on any atom is 0.311 e. The highest BCUT2D eigenvalue weighted by Crippen LogP contribution is 2.21. The molecule has 204 valence electrons. The minimum atomic E-state index is -0.264. The minimum Gasteiger partial charge on any atom is -0.465 e. The first-order valence-electron chi connectivity index (χ1n) is 15.2. The molecule has 0 aromatic rings. The first kappa shape index (κ1) is 31.7. The van der Waals surface area contributed by atoms with Crippen LogP contribution in [0.3, 0.4) is 0 Å². The Hall–Kier alpha value is -1.32. The van der Waals surface area contributed by atoms with Gasteiger partial charge in [0.2, 0.25) is 5.91 Å². The Labute approximate surface area is 217 Å². The van der Waals surface area contributed by atoms with Gasteiger partial charge >= 0.3 is 5.97 Å². The zero-order valence-corrected chi connectivity index (χ0v) is 23.5. The van der Waals surface area contributed by atoms with Gasteiger partial charge in [-0.05, 0) is 44.4 Å². The van der Waals surface area contributed by atoms with Crippen LogP contribution in [0.5, 0.6) is 0 Å². The number of carbonyl (C=O) groups is 2. The molecule has 0 radical (unpaired) electrons. The van der Waals surface area contributed by atoms with Gasteiger partial charge in [0.05, 0.1) is 12.5 Å². The van der Waals surface area contributed by atoms with E-state index in [0.29, 0.717) is 25.5 Å². The van der Waals surface area contributed by atoms with Crippen LogP contribution in [-0.2, 0) is 14.3 Å². The number of unbranched alkanes of at least 4 members (excludes halogenated alkanes) is 13. The quantitative estimate of drug-likeness (QED) is 0.0816. The van der Waals surface area contributed by atoms with E-state index in [1.54, 1.807) is 0 Å². The van der Waals surface area contributed by atoms with Crippen molar-refractivity contribution in [2.75, 3.05) is 19.7 Å². The van der Waals surface area contributed by atoms with Crippen molar-refractivity contribution >= 4 is 11.9 Å². The second kappa shape index (κ2) is 21.9. The van der Waals surface area contributed by atoms with E-state index < -0.39 is 0 Å². The lowest BCUT2D eigenvalue weighted by Gasteiger charge is -2.18. The van der Waals surface area contributed by atoms with E-state index in [9.17, 15) is 9.59 Å².